The van der Waals surface area contributed by atoms with Crippen molar-refractivity contribution in [2.24, 2.45) is 0 Å². The molecule has 0 unspecified atom stereocenters. The van der Waals surface area contributed by atoms with Crippen LogP contribution in [-0.2, 0) is 9.53 Å². The summed E-state index contributed by atoms with van der Waals surface area (Å²) >= 11 is 0. The summed E-state index contributed by atoms with van der Waals surface area (Å²) in [5.41, 5.74) is 1.01. The van der Waals surface area contributed by atoms with Crippen molar-refractivity contribution in [3.63, 3.8) is 0 Å². The van der Waals surface area contributed by atoms with Gasteiger partial charge in [-0.3, -0.25) is 9.69 Å². The molecule has 1 saturated heterocycles. The third-order valence-electron chi connectivity index (χ3n) is 4.30. The number of carbonyl (C=O) groups is 1. The number of hydrogen-bond acceptors (Lipinski definition) is 5. The molecule has 0 saturated carbocycles. The Morgan fingerprint density at radius 2 is 2.04 bits per heavy atom. The molecule has 2 aromatic rings. The van der Waals surface area contributed by atoms with Crippen LogP contribution in [0.3, 0.4) is 0 Å². The molecule has 0 spiro atoms. The fourth-order valence-corrected chi connectivity index (χ4v) is 2.90. The van der Waals surface area contributed by atoms with Gasteiger partial charge in [0.2, 0.25) is 0 Å². The summed E-state index contributed by atoms with van der Waals surface area (Å²) in [6.45, 7) is 5.46. The lowest BCUT2D eigenvalue weighted by Gasteiger charge is -2.33. The molecule has 1 aromatic carbocycles. The minimum absolute atomic E-state index is 0.00115. The van der Waals surface area contributed by atoms with Crippen LogP contribution in [-0.4, -0.2) is 50.3 Å². The van der Waals surface area contributed by atoms with Crippen molar-refractivity contribution in [1.29, 1.82) is 0 Å². The van der Waals surface area contributed by atoms with Gasteiger partial charge < -0.3 is 19.2 Å². The molecule has 0 aliphatic carbocycles. The predicted octanol–water partition coefficient (Wildman–Crippen LogP) is 2.16. The van der Waals surface area contributed by atoms with Crippen molar-refractivity contribution in [3.8, 4) is 5.75 Å². The number of furan rings is 1. The summed E-state index contributed by atoms with van der Waals surface area (Å²) < 4.78 is 16.6. The van der Waals surface area contributed by atoms with E-state index in [2.05, 4.69) is 10.2 Å². The standard InChI is InChI=1S/C19H24N2O4/c1-15-5-2-3-6-17(15)25-14-19(22)20-13-16(18-7-4-10-24-18)21-8-11-23-12-9-21/h2-7,10,16H,8-9,11-14H2,1H3,(H,20,22)/t16-/m0/s1. The van der Waals surface area contributed by atoms with Gasteiger partial charge in [-0.2, -0.15) is 0 Å². The number of aryl methyl sites for hydroxylation is 1. The first-order chi connectivity index (χ1) is 12.2. The zero-order chi connectivity index (χ0) is 17.5. The van der Waals surface area contributed by atoms with Crippen LogP contribution in [0.4, 0.5) is 0 Å². The topological polar surface area (TPSA) is 63.9 Å². The SMILES string of the molecule is Cc1ccccc1OCC(=O)NC[C@@H](c1ccco1)N1CCOCC1. The van der Waals surface area contributed by atoms with Crippen LogP contribution < -0.4 is 10.1 Å². The van der Waals surface area contributed by atoms with E-state index in [1.165, 1.54) is 0 Å². The van der Waals surface area contributed by atoms with E-state index >= 15 is 0 Å². The van der Waals surface area contributed by atoms with E-state index < -0.39 is 0 Å². The number of rotatable bonds is 7. The highest BCUT2D eigenvalue weighted by atomic mass is 16.5. The van der Waals surface area contributed by atoms with E-state index in [0.717, 1.165) is 30.2 Å². The first kappa shape index (κ1) is 17.5. The zero-order valence-electron chi connectivity index (χ0n) is 14.4. The Kier molecular flexibility index (Phi) is 6.09. The molecule has 1 amide bonds. The summed E-state index contributed by atoms with van der Waals surface area (Å²) in [5.74, 6) is 1.43. The molecule has 1 aliphatic heterocycles. The monoisotopic (exact) mass is 344 g/mol. The molecule has 1 aliphatic rings. The van der Waals surface area contributed by atoms with Gasteiger partial charge in [0.1, 0.15) is 11.5 Å². The molecule has 3 rings (SSSR count). The van der Waals surface area contributed by atoms with Crippen LogP contribution in [0.1, 0.15) is 17.4 Å². The third-order valence-corrected chi connectivity index (χ3v) is 4.30. The van der Waals surface area contributed by atoms with Crippen molar-refractivity contribution in [2.75, 3.05) is 39.5 Å². The zero-order valence-corrected chi connectivity index (χ0v) is 14.4. The highest BCUT2D eigenvalue weighted by Gasteiger charge is 2.25. The number of carbonyl (C=O) groups excluding carboxylic acids is 1. The number of amides is 1. The van der Waals surface area contributed by atoms with E-state index in [0.29, 0.717) is 19.8 Å². The van der Waals surface area contributed by atoms with Gasteiger partial charge in [0.15, 0.2) is 6.61 Å². The molecule has 6 heteroatoms. The number of ether oxygens (including phenoxy) is 2. The van der Waals surface area contributed by atoms with Crippen LogP contribution in [0.5, 0.6) is 5.75 Å². The second kappa shape index (κ2) is 8.69. The lowest BCUT2D eigenvalue weighted by atomic mass is 10.1. The van der Waals surface area contributed by atoms with Crippen LogP contribution in [0.2, 0.25) is 0 Å². The summed E-state index contributed by atoms with van der Waals surface area (Å²) in [4.78, 5) is 14.4. The lowest BCUT2D eigenvalue weighted by molar-refractivity contribution is -0.123. The molecule has 25 heavy (non-hydrogen) atoms. The largest absolute Gasteiger partial charge is 0.484 e. The van der Waals surface area contributed by atoms with Gasteiger partial charge in [-0.25, -0.2) is 0 Å². The van der Waals surface area contributed by atoms with Gasteiger partial charge in [-0.1, -0.05) is 18.2 Å². The fraction of sp³-hybridized carbons (Fsp3) is 0.421. The number of nitrogens with zero attached hydrogens (tertiary/aromatic N) is 1. The molecule has 0 radical (unpaired) electrons. The van der Waals surface area contributed by atoms with Crippen molar-refractivity contribution in [2.45, 2.75) is 13.0 Å². The Morgan fingerprint density at radius 3 is 2.76 bits per heavy atom. The Labute approximate surface area is 147 Å². The molecule has 1 N–H and O–H groups in total. The summed E-state index contributed by atoms with van der Waals surface area (Å²) in [6.07, 6.45) is 1.66. The van der Waals surface area contributed by atoms with Gasteiger partial charge in [-0.05, 0) is 30.7 Å². The van der Waals surface area contributed by atoms with Gasteiger partial charge in [0.25, 0.3) is 5.91 Å². The Hall–Kier alpha value is -2.31. The Balaban J connectivity index is 1.53. The molecule has 1 atom stereocenters. The van der Waals surface area contributed by atoms with Crippen molar-refractivity contribution in [1.82, 2.24) is 10.2 Å². The van der Waals surface area contributed by atoms with E-state index in [1.54, 1.807) is 6.26 Å². The maximum Gasteiger partial charge on any atom is 0.258 e. The molecule has 134 valence electrons. The number of para-hydroxylation sites is 1. The first-order valence-corrected chi connectivity index (χ1v) is 8.54. The minimum atomic E-state index is -0.145. The number of morpholine rings is 1. The van der Waals surface area contributed by atoms with Crippen LogP contribution >= 0.6 is 0 Å². The maximum atomic E-state index is 12.2. The molecular formula is C19H24N2O4. The highest BCUT2D eigenvalue weighted by Crippen LogP contribution is 2.21. The lowest BCUT2D eigenvalue weighted by Crippen LogP contribution is -2.44. The highest BCUT2D eigenvalue weighted by molar-refractivity contribution is 5.77. The molecule has 6 nitrogen and oxygen atoms in total. The summed E-state index contributed by atoms with van der Waals surface area (Å²) in [7, 11) is 0. The number of hydrogen-bond donors (Lipinski definition) is 1. The predicted molar refractivity (Wildman–Crippen MR) is 93.5 cm³/mol. The minimum Gasteiger partial charge on any atom is -0.484 e. The molecule has 1 fully saturated rings. The van der Waals surface area contributed by atoms with E-state index in [9.17, 15) is 4.79 Å². The van der Waals surface area contributed by atoms with E-state index in [1.807, 2.05) is 43.3 Å². The number of benzene rings is 1. The molecule has 1 aromatic heterocycles. The van der Waals surface area contributed by atoms with Crippen LogP contribution in [0.15, 0.2) is 47.1 Å². The first-order valence-electron chi connectivity index (χ1n) is 8.54. The normalized spacial score (nSPS) is 16.4. The molecule has 0 bridgehead atoms. The van der Waals surface area contributed by atoms with E-state index in [4.69, 9.17) is 13.9 Å². The number of nitrogens with one attached hydrogen (secondary N) is 1. The average Bonchev–Trinajstić information content (AvgIpc) is 3.16. The smallest absolute Gasteiger partial charge is 0.258 e. The summed E-state index contributed by atoms with van der Waals surface area (Å²) in [6, 6.07) is 11.5. The molecular weight excluding hydrogens is 320 g/mol. The fourth-order valence-electron chi connectivity index (χ4n) is 2.90. The van der Waals surface area contributed by atoms with Crippen molar-refractivity contribution in [3.05, 3.63) is 54.0 Å². The van der Waals surface area contributed by atoms with Gasteiger partial charge in [0, 0.05) is 19.6 Å². The van der Waals surface area contributed by atoms with Crippen molar-refractivity contribution < 1.29 is 18.7 Å². The maximum absolute atomic E-state index is 12.2. The van der Waals surface area contributed by atoms with Crippen molar-refractivity contribution >= 4 is 5.91 Å². The third kappa shape index (κ3) is 4.84. The molecule has 2 heterocycles. The van der Waals surface area contributed by atoms with Gasteiger partial charge >= 0.3 is 0 Å². The Bertz CT molecular complexity index is 666. The second-order valence-corrected chi connectivity index (χ2v) is 6.04. The quantitative estimate of drug-likeness (QED) is 0.834. The van der Waals surface area contributed by atoms with E-state index in [-0.39, 0.29) is 18.6 Å². The summed E-state index contributed by atoms with van der Waals surface area (Å²) in [5, 5.41) is 2.95. The van der Waals surface area contributed by atoms with Gasteiger partial charge in [-0.15, -0.1) is 0 Å². The second-order valence-electron chi connectivity index (χ2n) is 6.04. The average molecular weight is 344 g/mol. The van der Waals surface area contributed by atoms with Crippen LogP contribution in [0, 0.1) is 6.92 Å². The Morgan fingerprint density at radius 1 is 1.24 bits per heavy atom. The van der Waals surface area contributed by atoms with Gasteiger partial charge in [0.05, 0.1) is 25.5 Å². The van der Waals surface area contributed by atoms with Crippen LogP contribution in [0.25, 0.3) is 0 Å².